The van der Waals surface area contributed by atoms with Crippen LogP contribution in [-0.4, -0.2) is 30.3 Å². The summed E-state index contributed by atoms with van der Waals surface area (Å²) >= 11 is 0. The predicted molar refractivity (Wildman–Crippen MR) is 92.4 cm³/mol. The van der Waals surface area contributed by atoms with Crippen LogP contribution in [0.4, 0.5) is 0 Å². The van der Waals surface area contributed by atoms with Gasteiger partial charge >= 0.3 is 0 Å². The number of aromatic nitrogens is 1. The summed E-state index contributed by atoms with van der Waals surface area (Å²) in [7, 11) is 1.69. The van der Waals surface area contributed by atoms with Crippen LogP contribution in [0.3, 0.4) is 0 Å². The second-order valence-electron chi connectivity index (χ2n) is 6.33. The molecule has 0 bridgehead atoms. The summed E-state index contributed by atoms with van der Waals surface area (Å²) < 4.78 is 16.7. The second kappa shape index (κ2) is 7.71. The molecule has 1 atom stereocenters. The summed E-state index contributed by atoms with van der Waals surface area (Å²) in [5.74, 6) is 2.58. The minimum absolute atomic E-state index is 0.313. The van der Waals surface area contributed by atoms with Crippen LogP contribution in [0.1, 0.15) is 49.2 Å². The Morgan fingerprint density at radius 2 is 2.17 bits per heavy atom. The van der Waals surface area contributed by atoms with E-state index >= 15 is 0 Å². The van der Waals surface area contributed by atoms with E-state index in [2.05, 4.69) is 29.1 Å². The van der Waals surface area contributed by atoms with Gasteiger partial charge in [-0.05, 0) is 50.4 Å². The van der Waals surface area contributed by atoms with Crippen LogP contribution in [0.5, 0.6) is 11.5 Å². The summed E-state index contributed by atoms with van der Waals surface area (Å²) in [5.41, 5.74) is 2.16. The number of nitrogens with zero attached hydrogens (tertiary/aromatic N) is 2. The van der Waals surface area contributed by atoms with Gasteiger partial charge in [0, 0.05) is 12.6 Å². The van der Waals surface area contributed by atoms with E-state index in [0.717, 1.165) is 48.9 Å². The van der Waals surface area contributed by atoms with Gasteiger partial charge in [0.25, 0.3) is 0 Å². The molecule has 1 aliphatic heterocycles. The van der Waals surface area contributed by atoms with Crippen molar-refractivity contribution < 1.29 is 14.0 Å². The van der Waals surface area contributed by atoms with Gasteiger partial charge < -0.3 is 14.0 Å². The lowest BCUT2D eigenvalue weighted by Crippen LogP contribution is -2.22. The molecular weight excluding hydrogens is 304 g/mol. The zero-order valence-electron chi connectivity index (χ0n) is 14.7. The van der Waals surface area contributed by atoms with E-state index in [-0.39, 0.29) is 0 Å². The molecule has 2 aromatic rings. The van der Waals surface area contributed by atoms with Gasteiger partial charge in [0.2, 0.25) is 0 Å². The van der Waals surface area contributed by atoms with Gasteiger partial charge in [0.1, 0.15) is 0 Å². The molecule has 130 valence electrons. The highest BCUT2D eigenvalue weighted by Gasteiger charge is 2.29. The van der Waals surface area contributed by atoms with Crippen LogP contribution in [0, 0.1) is 6.92 Å². The maximum Gasteiger partial charge on any atom is 0.161 e. The van der Waals surface area contributed by atoms with Crippen molar-refractivity contribution in [3.8, 4) is 11.5 Å². The van der Waals surface area contributed by atoms with Crippen molar-refractivity contribution in [2.45, 2.75) is 45.7 Å². The third-order valence-corrected chi connectivity index (χ3v) is 4.41. The topological polar surface area (TPSA) is 47.7 Å². The third-order valence-electron chi connectivity index (χ3n) is 4.41. The quantitative estimate of drug-likeness (QED) is 0.764. The molecule has 0 N–H and O–H groups in total. The molecule has 24 heavy (non-hydrogen) atoms. The number of aryl methyl sites for hydroxylation is 1. The van der Waals surface area contributed by atoms with Crippen LogP contribution >= 0.6 is 0 Å². The van der Waals surface area contributed by atoms with Crippen LogP contribution in [-0.2, 0) is 6.54 Å². The molecule has 0 radical (unpaired) electrons. The first-order chi connectivity index (χ1) is 11.7. The van der Waals surface area contributed by atoms with Gasteiger partial charge in [0.15, 0.2) is 17.3 Å². The Kier molecular flexibility index (Phi) is 5.41. The standard InChI is InChI=1S/C19H26N2O3/c1-4-10-23-17-8-7-15(12-19(17)22-3)13-21-9-5-6-16(21)18-11-14(2)20-24-18/h7-8,11-12,16H,4-6,9-10,13H2,1-3H3. The Morgan fingerprint density at radius 1 is 1.29 bits per heavy atom. The van der Waals surface area contributed by atoms with Crippen molar-refractivity contribution >= 4 is 0 Å². The van der Waals surface area contributed by atoms with E-state index in [1.165, 1.54) is 12.0 Å². The number of ether oxygens (including phenoxy) is 2. The van der Waals surface area contributed by atoms with E-state index in [0.29, 0.717) is 12.6 Å². The Labute approximate surface area is 143 Å². The highest BCUT2D eigenvalue weighted by atomic mass is 16.5. The molecular formula is C19H26N2O3. The van der Waals surface area contributed by atoms with Gasteiger partial charge in [-0.15, -0.1) is 0 Å². The Bertz CT molecular complexity index is 668. The maximum atomic E-state index is 5.73. The highest BCUT2D eigenvalue weighted by molar-refractivity contribution is 5.43. The highest BCUT2D eigenvalue weighted by Crippen LogP contribution is 2.35. The van der Waals surface area contributed by atoms with E-state index in [1.54, 1.807) is 7.11 Å². The Morgan fingerprint density at radius 3 is 2.88 bits per heavy atom. The van der Waals surface area contributed by atoms with Crippen molar-refractivity contribution in [3.05, 3.63) is 41.3 Å². The largest absolute Gasteiger partial charge is 0.493 e. The first kappa shape index (κ1) is 16.8. The number of hydrogen-bond donors (Lipinski definition) is 0. The summed E-state index contributed by atoms with van der Waals surface area (Å²) in [6.07, 6.45) is 3.28. The molecule has 5 nitrogen and oxygen atoms in total. The molecule has 1 aromatic carbocycles. The smallest absolute Gasteiger partial charge is 0.161 e. The van der Waals surface area contributed by atoms with Crippen LogP contribution < -0.4 is 9.47 Å². The second-order valence-corrected chi connectivity index (χ2v) is 6.33. The molecule has 5 heteroatoms. The van der Waals surface area contributed by atoms with Crippen molar-refractivity contribution in [2.24, 2.45) is 0 Å². The molecule has 1 aliphatic rings. The first-order valence-electron chi connectivity index (χ1n) is 8.68. The van der Waals surface area contributed by atoms with E-state index < -0.39 is 0 Å². The zero-order chi connectivity index (χ0) is 16.9. The lowest BCUT2D eigenvalue weighted by Gasteiger charge is -2.23. The molecule has 1 saturated heterocycles. The summed E-state index contributed by atoms with van der Waals surface area (Å²) in [4.78, 5) is 2.45. The SMILES string of the molecule is CCCOc1ccc(CN2CCCC2c2cc(C)no2)cc1OC. The molecule has 0 amide bonds. The van der Waals surface area contributed by atoms with Gasteiger partial charge in [-0.1, -0.05) is 18.1 Å². The number of hydrogen-bond acceptors (Lipinski definition) is 5. The number of rotatable bonds is 7. The fraction of sp³-hybridized carbons (Fsp3) is 0.526. The summed E-state index contributed by atoms with van der Waals surface area (Å²) in [6.45, 7) is 6.70. The summed E-state index contributed by atoms with van der Waals surface area (Å²) in [6, 6.07) is 8.56. The third kappa shape index (κ3) is 3.73. The number of likely N-dealkylation sites (tertiary alicyclic amines) is 1. The van der Waals surface area contributed by atoms with Crippen molar-refractivity contribution in [2.75, 3.05) is 20.3 Å². The molecule has 0 spiro atoms. The summed E-state index contributed by atoms with van der Waals surface area (Å²) in [5, 5.41) is 4.03. The lowest BCUT2D eigenvalue weighted by molar-refractivity contribution is 0.206. The average Bonchev–Trinajstić information content (AvgIpc) is 3.22. The van der Waals surface area contributed by atoms with Crippen LogP contribution in [0.25, 0.3) is 0 Å². The predicted octanol–water partition coefficient (Wildman–Crippen LogP) is 4.12. The molecule has 0 saturated carbocycles. The lowest BCUT2D eigenvalue weighted by atomic mass is 10.1. The zero-order valence-corrected chi connectivity index (χ0v) is 14.7. The molecule has 1 fully saturated rings. The fourth-order valence-electron chi connectivity index (χ4n) is 3.25. The van der Waals surface area contributed by atoms with Gasteiger partial charge in [0.05, 0.1) is 25.5 Å². The molecule has 3 rings (SSSR count). The van der Waals surface area contributed by atoms with Gasteiger partial charge in [-0.2, -0.15) is 0 Å². The minimum atomic E-state index is 0.313. The van der Waals surface area contributed by atoms with Crippen molar-refractivity contribution in [1.82, 2.24) is 10.1 Å². The molecule has 1 aromatic heterocycles. The van der Waals surface area contributed by atoms with Crippen LogP contribution in [0.2, 0.25) is 0 Å². The van der Waals surface area contributed by atoms with E-state index in [9.17, 15) is 0 Å². The van der Waals surface area contributed by atoms with Gasteiger partial charge in [-0.25, -0.2) is 0 Å². The van der Waals surface area contributed by atoms with Crippen molar-refractivity contribution in [3.63, 3.8) is 0 Å². The van der Waals surface area contributed by atoms with Crippen LogP contribution in [0.15, 0.2) is 28.8 Å². The monoisotopic (exact) mass is 330 g/mol. The maximum absolute atomic E-state index is 5.73. The Balaban J connectivity index is 1.72. The number of benzene rings is 1. The minimum Gasteiger partial charge on any atom is -0.493 e. The number of methoxy groups -OCH3 is 1. The molecule has 0 aliphatic carbocycles. The fourth-order valence-corrected chi connectivity index (χ4v) is 3.25. The van der Waals surface area contributed by atoms with E-state index in [1.807, 2.05) is 19.1 Å². The van der Waals surface area contributed by atoms with Gasteiger partial charge in [-0.3, -0.25) is 4.90 Å². The normalized spacial score (nSPS) is 18.0. The molecule has 2 heterocycles. The van der Waals surface area contributed by atoms with Crippen molar-refractivity contribution in [1.29, 1.82) is 0 Å². The average molecular weight is 330 g/mol. The molecule has 1 unspecified atom stereocenters. The Hall–Kier alpha value is -2.01. The first-order valence-corrected chi connectivity index (χ1v) is 8.68. The van der Waals surface area contributed by atoms with E-state index in [4.69, 9.17) is 14.0 Å².